The molecule has 2 heterocycles. The molecule has 4 aromatic rings. The summed E-state index contributed by atoms with van der Waals surface area (Å²) >= 11 is 0. The first-order chi connectivity index (χ1) is 17.7. The van der Waals surface area contributed by atoms with Gasteiger partial charge < -0.3 is 5.32 Å². The Morgan fingerprint density at radius 2 is 1.73 bits per heavy atom. The molecule has 0 fully saturated rings. The van der Waals surface area contributed by atoms with Crippen LogP contribution in [0.5, 0.6) is 0 Å². The molecule has 0 saturated carbocycles. The lowest BCUT2D eigenvalue weighted by molar-refractivity contribution is 0.0952. The first kappa shape index (κ1) is 26.2. The summed E-state index contributed by atoms with van der Waals surface area (Å²) in [6.07, 6.45) is 2.85. The lowest BCUT2D eigenvalue weighted by atomic mass is 10.2. The van der Waals surface area contributed by atoms with Gasteiger partial charge in [0.05, 0.1) is 24.2 Å². The van der Waals surface area contributed by atoms with E-state index in [1.54, 1.807) is 26.0 Å². The van der Waals surface area contributed by atoms with Gasteiger partial charge in [0.15, 0.2) is 5.65 Å². The van der Waals surface area contributed by atoms with E-state index in [1.807, 2.05) is 0 Å². The number of halogens is 1. The van der Waals surface area contributed by atoms with Gasteiger partial charge in [-0.15, -0.1) is 0 Å². The largest absolute Gasteiger partial charge is 0.350 e. The van der Waals surface area contributed by atoms with Crippen molar-refractivity contribution in [3.05, 3.63) is 88.4 Å². The maximum Gasteiger partial charge on any atom is 0.264 e. The minimum Gasteiger partial charge on any atom is -0.350 e. The van der Waals surface area contributed by atoms with E-state index in [4.69, 9.17) is 0 Å². The molecule has 0 aliphatic rings. The number of amides is 1. The number of carbonyl (C=O) groups excluding carboxylic acids is 1. The maximum atomic E-state index is 13.1. The molecule has 12 heteroatoms. The first-order valence-electron chi connectivity index (χ1n) is 11.8. The highest BCUT2D eigenvalue weighted by molar-refractivity contribution is 7.89. The summed E-state index contributed by atoms with van der Waals surface area (Å²) in [6, 6.07) is 11.7. The van der Waals surface area contributed by atoms with Gasteiger partial charge in [-0.1, -0.05) is 26.0 Å². The molecule has 0 atom stereocenters. The number of sulfonamides is 1. The SMILES string of the molecule is CCN(CC)S(=O)(=O)c1ccc(C(=O)NCCn2ncc3c(=O)n(Cc4ccc(F)cc4)cnc32)cc1. The molecule has 4 rings (SSSR count). The molecule has 0 aliphatic carbocycles. The van der Waals surface area contributed by atoms with E-state index in [0.29, 0.717) is 29.7 Å². The molecular weight excluding hydrogens is 499 g/mol. The zero-order chi connectivity index (χ0) is 26.6. The second-order valence-corrected chi connectivity index (χ2v) is 10.2. The summed E-state index contributed by atoms with van der Waals surface area (Å²) in [4.78, 5) is 29.9. The van der Waals surface area contributed by atoms with Gasteiger partial charge in [-0.3, -0.25) is 14.2 Å². The van der Waals surface area contributed by atoms with Crippen molar-refractivity contribution in [2.24, 2.45) is 0 Å². The number of nitrogens with one attached hydrogen (secondary N) is 1. The molecule has 10 nitrogen and oxygen atoms in total. The van der Waals surface area contributed by atoms with E-state index in [-0.39, 0.29) is 41.8 Å². The number of aromatic nitrogens is 4. The number of benzene rings is 2. The van der Waals surface area contributed by atoms with Gasteiger partial charge in [0, 0.05) is 25.2 Å². The lowest BCUT2D eigenvalue weighted by Gasteiger charge is -2.18. The Bertz CT molecular complexity index is 1560. The van der Waals surface area contributed by atoms with Gasteiger partial charge in [0.25, 0.3) is 11.5 Å². The van der Waals surface area contributed by atoms with Crippen LogP contribution in [-0.2, 0) is 23.1 Å². The molecule has 194 valence electrons. The fourth-order valence-corrected chi connectivity index (χ4v) is 5.39. The minimum absolute atomic E-state index is 0.131. The molecule has 0 spiro atoms. The quantitative estimate of drug-likeness (QED) is 0.339. The van der Waals surface area contributed by atoms with Crippen molar-refractivity contribution in [1.29, 1.82) is 0 Å². The molecule has 0 radical (unpaired) electrons. The zero-order valence-electron chi connectivity index (χ0n) is 20.5. The van der Waals surface area contributed by atoms with E-state index in [2.05, 4.69) is 15.4 Å². The monoisotopic (exact) mass is 526 g/mol. The molecule has 2 aromatic carbocycles. The molecule has 0 unspecified atom stereocenters. The van der Waals surface area contributed by atoms with Crippen LogP contribution < -0.4 is 10.9 Å². The molecular formula is C25H27FN6O4S. The van der Waals surface area contributed by atoms with Crippen LogP contribution in [0, 0.1) is 5.82 Å². The van der Waals surface area contributed by atoms with E-state index in [1.165, 1.54) is 62.5 Å². The third-order valence-corrected chi connectivity index (χ3v) is 8.02. The van der Waals surface area contributed by atoms with Crippen LogP contribution in [0.15, 0.2) is 70.7 Å². The Morgan fingerprint density at radius 1 is 1.05 bits per heavy atom. The predicted octanol–water partition coefficient (Wildman–Crippen LogP) is 2.24. The van der Waals surface area contributed by atoms with Gasteiger partial charge in [0.2, 0.25) is 10.0 Å². The number of hydrogen-bond donors (Lipinski definition) is 1. The minimum atomic E-state index is -3.60. The third kappa shape index (κ3) is 5.59. The average molecular weight is 527 g/mol. The summed E-state index contributed by atoms with van der Waals surface area (Å²) in [6.45, 7) is 5.00. The van der Waals surface area contributed by atoms with Gasteiger partial charge >= 0.3 is 0 Å². The number of fused-ring (bicyclic) bond motifs is 1. The highest BCUT2D eigenvalue weighted by atomic mass is 32.2. The van der Waals surface area contributed by atoms with Crippen LogP contribution in [0.1, 0.15) is 29.8 Å². The number of carbonyl (C=O) groups is 1. The first-order valence-corrected chi connectivity index (χ1v) is 13.2. The second kappa shape index (κ2) is 11.0. The van der Waals surface area contributed by atoms with Crippen LogP contribution in [0.4, 0.5) is 4.39 Å². The Hall–Kier alpha value is -3.90. The molecule has 2 aromatic heterocycles. The highest BCUT2D eigenvalue weighted by Crippen LogP contribution is 2.16. The summed E-state index contributed by atoms with van der Waals surface area (Å²) in [5, 5.41) is 7.33. The van der Waals surface area contributed by atoms with Crippen molar-refractivity contribution in [3.63, 3.8) is 0 Å². The summed E-state index contributed by atoms with van der Waals surface area (Å²) in [7, 11) is -3.60. The van der Waals surface area contributed by atoms with Crippen LogP contribution in [0.25, 0.3) is 11.0 Å². The van der Waals surface area contributed by atoms with Crippen molar-refractivity contribution >= 4 is 27.0 Å². The summed E-state index contributed by atoms with van der Waals surface area (Å²) in [5.74, 6) is -0.712. The maximum absolute atomic E-state index is 13.1. The fourth-order valence-electron chi connectivity index (χ4n) is 3.93. The van der Waals surface area contributed by atoms with Crippen molar-refractivity contribution in [1.82, 2.24) is 29.0 Å². The van der Waals surface area contributed by atoms with E-state index >= 15 is 0 Å². The number of nitrogens with zero attached hydrogens (tertiary/aromatic N) is 5. The van der Waals surface area contributed by atoms with E-state index in [9.17, 15) is 22.4 Å². The molecule has 1 amide bonds. The Morgan fingerprint density at radius 3 is 2.38 bits per heavy atom. The van der Waals surface area contributed by atoms with Crippen molar-refractivity contribution < 1.29 is 17.6 Å². The van der Waals surface area contributed by atoms with Gasteiger partial charge in [-0.2, -0.15) is 9.40 Å². The van der Waals surface area contributed by atoms with Crippen LogP contribution >= 0.6 is 0 Å². The molecule has 0 saturated heterocycles. The van der Waals surface area contributed by atoms with Crippen molar-refractivity contribution in [2.75, 3.05) is 19.6 Å². The third-order valence-electron chi connectivity index (χ3n) is 5.96. The van der Waals surface area contributed by atoms with Crippen LogP contribution in [0.2, 0.25) is 0 Å². The average Bonchev–Trinajstić information content (AvgIpc) is 3.31. The molecule has 1 N–H and O–H groups in total. The predicted molar refractivity (Wildman–Crippen MR) is 136 cm³/mol. The molecule has 0 aliphatic heterocycles. The highest BCUT2D eigenvalue weighted by Gasteiger charge is 2.21. The number of rotatable bonds is 10. The van der Waals surface area contributed by atoms with Crippen molar-refractivity contribution in [3.8, 4) is 0 Å². The van der Waals surface area contributed by atoms with Crippen LogP contribution in [0.3, 0.4) is 0 Å². The fraction of sp³-hybridized carbons (Fsp3) is 0.280. The number of hydrogen-bond acceptors (Lipinski definition) is 6. The van der Waals surface area contributed by atoms with E-state index < -0.39 is 10.0 Å². The summed E-state index contributed by atoms with van der Waals surface area (Å²) < 4.78 is 42.6. The molecule has 37 heavy (non-hydrogen) atoms. The topological polar surface area (TPSA) is 119 Å². The smallest absolute Gasteiger partial charge is 0.264 e. The van der Waals surface area contributed by atoms with Gasteiger partial charge in [0.1, 0.15) is 17.5 Å². The van der Waals surface area contributed by atoms with Gasteiger partial charge in [-0.25, -0.2) is 22.5 Å². The lowest BCUT2D eigenvalue weighted by Crippen LogP contribution is -2.31. The van der Waals surface area contributed by atoms with Crippen LogP contribution in [-0.4, -0.2) is 57.6 Å². The Labute approximate surface area is 213 Å². The normalized spacial score (nSPS) is 11.8. The van der Waals surface area contributed by atoms with Gasteiger partial charge in [-0.05, 0) is 42.0 Å². The molecule has 0 bridgehead atoms. The van der Waals surface area contributed by atoms with Crippen molar-refractivity contribution in [2.45, 2.75) is 31.8 Å². The zero-order valence-corrected chi connectivity index (χ0v) is 21.3. The Balaban J connectivity index is 1.39. The Kier molecular flexibility index (Phi) is 7.79. The standard InChI is InChI=1S/C25H27FN6O4S/c1-3-31(4-2)37(35,36)21-11-7-19(8-12-21)24(33)27-13-14-32-23-22(15-29-32)25(34)30(17-28-23)16-18-5-9-20(26)10-6-18/h5-12,15,17H,3-4,13-14,16H2,1-2H3,(H,27,33). The second-order valence-electron chi connectivity index (χ2n) is 8.28. The van der Waals surface area contributed by atoms with E-state index in [0.717, 1.165) is 5.56 Å². The summed E-state index contributed by atoms with van der Waals surface area (Å²) in [5.41, 5.74) is 1.20.